The van der Waals surface area contributed by atoms with Crippen LogP contribution in [0, 0.1) is 0 Å². The standard InChI is InChI=1S/C11H9BrF3NO3/c1-16(5-11(13,14)15)9(17)6-2-7(10(18)19)4-8(12)3-6/h2-4H,5H2,1H3,(H,18,19). The van der Waals surface area contributed by atoms with Gasteiger partial charge in [-0.05, 0) is 18.2 Å². The fourth-order valence-corrected chi connectivity index (χ4v) is 1.89. The van der Waals surface area contributed by atoms with Crippen molar-refractivity contribution in [2.75, 3.05) is 13.6 Å². The molecule has 19 heavy (non-hydrogen) atoms. The maximum atomic E-state index is 12.2. The molecule has 0 bridgehead atoms. The summed E-state index contributed by atoms with van der Waals surface area (Å²) in [6, 6.07) is 3.55. The third kappa shape index (κ3) is 4.55. The number of nitrogens with zero attached hydrogens (tertiary/aromatic N) is 1. The van der Waals surface area contributed by atoms with Crippen molar-refractivity contribution in [3.05, 3.63) is 33.8 Å². The molecule has 0 aromatic heterocycles. The van der Waals surface area contributed by atoms with Crippen LogP contribution in [0.2, 0.25) is 0 Å². The zero-order chi connectivity index (χ0) is 14.8. The average Bonchev–Trinajstić information content (AvgIpc) is 2.24. The molecule has 1 aromatic carbocycles. The molecule has 0 saturated heterocycles. The van der Waals surface area contributed by atoms with Crippen molar-refractivity contribution in [2.45, 2.75) is 6.18 Å². The van der Waals surface area contributed by atoms with Crippen LogP contribution in [-0.4, -0.2) is 41.7 Å². The van der Waals surface area contributed by atoms with Crippen LogP contribution in [-0.2, 0) is 0 Å². The molecule has 0 aliphatic carbocycles. The number of hydrogen-bond donors (Lipinski definition) is 1. The highest BCUT2D eigenvalue weighted by molar-refractivity contribution is 9.10. The van der Waals surface area contributed by atoms with E-state index in [1.165, 1.54) is 12.1 Å². The van der Waals surface area contributed by atoms with Gasteiger partial charge in [0.2, 0.25) is 0 Å². The van der Waals surface area contributed by atoms with Crippen LogP contribution in [0.1, 0.15) is 20.7 Å². The molecule has 0 heterocycles. The lowest BCUT2D eigenvalue weighted by Gasteiger charge is -2.19. The number of halogens is 4. The van der Waals surface area contributed by atoms with Crippen molar-refractivity contribution in [2.24, 2.45) is 0 Å². The molecule has 0 spiro atoms. The Morgan fingerprint density at radius 2 is 1.79 bits per heavy atom. The Hall–Kier alpha value is -1.57. The van der Waals surface area contributed by atoms with Crippen LogP contribution in [0.15, 0.2) is 22.7 Å². The second-order valence-corrected chi connectivity index (χ2v) is 4.73. The highest BCUT2D eigenvalue weighted by atomic mass is 79.9. The number of carbonyl (C=O) groups is 2. The number of alkyl halides is 3. The fourth-order valence-electron chi connectivity index (χ4n) is 1.40. The van der Waals surface area contributed by atoms with Gasteiger partial charge in [-0.15, -0.1) is 0 Å². The van der Waals surface area contributed by atoms with E-state index < -0.39 is 24.6 Å². The normalized spacial score (nSPS) is 11.2. The van der Waals surface area contributed by atoms with Crippen molar-refractivity contribution in [3.8, 4) is 0 Å². The van der Waals surface area contributed by atoms with E-state index in [4.69, 9.17) is 5.11 Å². The predicted octanol–water partition coefficient (Wildman–Crippen LogP) is 2.78. The van der Waals surface area contributed by atoms with Crippen molar-refractivity contribution in [1.82, 2.24) is 4.90 Å². The fraction of sp³-hybridized carbons (Fsp3) is 0.273. The lowest BCUT2D eigenvalue weighted by atomic mass is 10.1. The van der Waals surface area contributed by atoms with Gasteiger partial charge in [-0.2, -0.15) is 13.2 Å². The zero-order valence-corrected chi connectivity index (χ0v) is 11.2. The Balaban J connectivity index is 3.03. The molecule has 1 rings (SSSR count). The van der Waals surface area contributed by atoms with Gasteiger partial charge in [-0.25, -0.2) is 4.79 Å². The highest BCUT2D eigenvalue weighted by Gasteiger charge is 2.31. The van der Waals surface area contributed by atoms with E-state index in [1.807, 2.05) is 0 Å². The van der Waals surface area contributed by atoms with E-state index in [2.05, 4.69) is 15.9 Å². The lowest BCUT2D eigenvalue weighted by Crippen LogP contribution is -2.35. The minimum atomic E-state index is -4.51. The van der Waals surface area contributed by atoms with Gasteiger partial charge in [0.05, 0.1) is 5.56 Å². The maximum absolute atomic E-state index is 12.2. The van der Waals surface area contributed by atoms with Gasteiger partial charge in [0.1, 0.15) is 6.54 Å². The Labute approximate surface area is 114 Å². The lowest BCUT2D eigenvalue weighted by molar-refractivity contribution is -0.138. The minimum absolute atomic E-state index is 0.126. The Kier molecular flexibility index (Phi) is 4.56. The SMILES string of the molecule is CN(CC(F)(F)F)C(=O)c1cc(Br)cc(C(=O)O)c1. The number of carboxylic acid groups (broad SMARTS) is 1. The third-order valence-electron chi connectivity index (χ3n) is 2.15. The summed E-state index contributed by atoms with van der Waals surface area (Å²) in [5.41, 5.74) is -0.309. The summed E-state index contributed by atoms with van der Waals surface area (Å²) < 4.78 is 36.8. The van der Waals surface area contributed by atoms with Crippen LogP contribution < -0.4 is 0 Å². The molecule has 0 unspecified atom stereocenters. The molecule has 1 N–H and O–H groups in total. The molecule has 0 aliphatic heterocycles. The highest BCUT2D eigenvalue weighted by Crippen LogP contribution is 2.20. The maximum Gasteiger partial charge on any atom is 0.406 e. The molecule has 0 atom stereocenters. The van der Waals surface area contributed by atoms with Crippen LogP contribution in [0.4, 0.5) is 13.2 Å². The second kappa shape index (κ2) is 5.60. The Morgan fingerprint density at radius 1 is 1.26 bits per heavy atom. The average molecular weight is 340 g/mol. The topological polar surface area (TPSA) is 57.6 Å². The number of benzene rings is 1. The van der Waals surface area contributed by atoms with Crippen molar-refractivity contribution >= 4 is 27.8 Å². The van der Waals surface area contributed by atoms with Gasteiger partial charge in [-0.1, -0.05) is 15.9 Å². The summed E-state index contributed by atoms with van der Waals surface area (Å²) >= 11 is 3.00. The molecule has 0 radical (unpaired) electrons. The third-order valence-corrected chi connectivity index (χ3v) is 2.61. The smallest absolute Gasteiger partial charge is 0.406 e. The molecule has 1 aromatic rings. The monoisotopic (exact) mass is 339 g/mol. The molecule has 8 heteroatoms. The Bertz CT molecular complexity index is 516. The van der Waals surface area contributed by atoms with Gasteiger partial charge in [-0.3, -0.25) is 4.79 Å². The molecule has 0 aliphatic rings. The molecule has 1 amide bonds. The summed E-state index contributed by atoms with van der Waals surface area (Å²) in [5, 5.41) is 8.81. The number of hydrogen-bond acceptors (Lipinski definition) is 2. The number of carboxylic acids is 1. The predicted molar refractivity (Wildman–Crippen MR) is 64.1 cm³/mol. The van der Waals surface area contributed by atoms with E-state index in [1.54, 1.807) is 0 Å². The van der Waals surface area contributed by atoms with Crippen molar-refractivity contribution in [1.29, 1.82) is 0 Å². The van der Waals surface area contributed by atoms with E-state index >= 15 is 0 Å². The molecule has 4 nitrogen and oxygen atoms in total. The van der Waals surface area contributed by atoms with Gasteiger partial charge < -0.3 is 10.0 Å². The van der Waals surface area contributed by atoms with Crippen LogP contribution in [0.25, 0.3) is 0 Å². The molecule has 104 valence electrons. The molecular weight excluding hydrogens is 331 g/mol. The second-order valence-electron chi connectivity index (χ2n) is 3.81. The van der Waals surface area contributed by atoms with E-state index in [0.29, 0.717) is 9.37 Å². The van der Waals surface area contributed by atoms with Crippen LogP contribution in [0.5, 0.6) is 0 Å². The van der Waals surface area contributed by atoms with Crippen LogP contribution in [0.3, 0.4) is 0 Å². The Morgan fingerprint density at radius 3 is 2.26 bits per heavy atom. The van der Waals surface area contributed by atoms with Gasteiger partial charge in [0, 0.05) is 17.1 Å². The molecule has 0 saturated carbocycles. The summed E-state index contributed by atoms with van der Waals surface area (Å²) in [6.45, 7) is -1.40. The van der Waals surface area contributed by atoms with Gasteiger partial charge in [0.15, 0.2) is 0 Å². The summed E-state index contributed by atoms with van der Waals surface area (Å²) in [4.78, 5) is 23.0. The van der Waals surface area contributed by atoms with Crippen molar-refractivity contribution in [3.63, 3.8) is 0 Å². The van der Waals surface area contributed by atoms with Gasteiger partial charge in [0.25, 0.3) is 5.91 Å². The first-order valence-electron chi connectivity index (χ1n) is 4.96. The van der Waals surface area contributed by atoms with Crippen molar-refractivity contribution < 1.29 is 27.9 Å². The number of amides is 1. The first-order chi connectivity index (χ1) is 8.60. The number of rotatable bonds is 3. The minimum Gasteiger partial charge on any atom is -0.478 e. The zero-order valence-electron chi connectivity index (χ0n) is 9.66. The molecular formula is C11H9BrF3NO3. The van der Waals surface area contributed by atoms with E-state index in [0.717, 1.165) is 13.1 Å². The quantitative estimate of drug-likeness (QED) is 0.921. The first kappa shape index (κ1) is 15.5. The summed E-state index contributed by atoms with van der Waals surface area (Å²) in [6.07, 6.45) is -4.51. The van der Waals surface area contributed by atoms with E-state index in [-0.39, 0.29) is 11.1 Å². The van der Waals surface area contributed by atoms with Gasteiger partial charge >= 0.3 is 12.1 Å². The number of carbonyl (C=O) groups excluding carboxylic acids is 1. The van der Waals surface area contributed by atoms with E-state index in [9.17, 15) is 22.8 Å². The largest absolute Gasteiger partial charge is 0.478 e. The summed E-state index contributed by atoms with van der Waals surface area (Å²) in [7, 11) is 0.997. The van der Waals surface area contributed by atoms with Crippen LogP contribution >= 0.6 is 15.9 Å². The molecule has 0 fully saturated rings. The first-order valence-corrected chi connectivity index (χ1v) is 5.75. The summed E-state index contributed by atoms with van der Waals surface area (Å²) in [5.74, 6) is -2.17. The number of aromatic carboxylic acids is 1.